The Hall–Kier alpha value is -4.06. The van der Waals surface area contributed by atoms with Crippen LogP contribution in [-0.4, -0.2) is 39.2 Å². The van der Waals surface area contributed by atoms with Crippen LogP contribution < -0.4 is 5.32 Å². The van der Waals surface area contributed by atoms with Crippen LogP contribution in [0.2, 0.25) is 0 Å². The molecule has 0 bridgehead atoms. The molecule has 2 N–H and O–H groups in total. The Kier molecular flexibility index (Phi) is 4.90. The lowest BCUT2D eigenvalue weighted by atomic mass is 10.1. The monoisotopic (exact) mass is 365 g/mol. The second-order valence-corrected chi connectivity index (χ2v) is 5.24. The molecule has 3 aromatic rings. The Labute approximate surface area is 152 Å². The van der Waals surface area contributed by atoms with Gasteiger partial charge in [0.1, 0.15) is 11.5 Å². The van der Waals surface area contributed by atoms with Gasteiger partial charge in [-0.3, -0.25) is 14.9 Å². The molecule has 0 aliphatic carbocycles. The number of ether oxygens (including phenoxy) is 1. The first-order valence-corrected chi connectivity index (χ1v) is 7.54. The van der Waals surface area contributed by atoms with Gasteiger partial charge in [0.2, 0.25) is 0 Å². The number of nitrogens with one attached hydrogen (secondary N) is 2. The number of hydrogen-bond acceptors (Lipinski definition) is 6. The summed E-state index contributed by atoms with van der Waals surface area (Å²) in [4.78, 5) is 32.5. The number of nitrogens with zero attached hydrogens (tertiary/aromatic N) is 3. The Morgan fingerprint density at radius 3 is 2.67 bits per heavy atom. The number of carbonyl (C=O) groups excluding carboxylic acids is 2. The minimum atomic E-state index is -0.825. The summed E-state index contributed by atoms with van der Waals surface area (Å²) in [6, 6.07) is 2.08. The second kappa shape index (κ2) is 7.45. The number of H-pyrrole nitrogens is 1. The number of hydrogen-bond donors (Lipinski definition) is 2. The molecule has 0 fully saturated rings. The number of rotatable bonds is 4. The van der Waals surface area contributed by atoms with Crippen LogP contribution in [0, 0.1) is 18.2 Å². The zero-order chi connectivity index (χ0) is 19.4. The maximum atomic E-state index is 13.9. The number of terminal acetylenes is 1. The molecule has 0 aliphatic rings. The third-order valence-corrected chi connectivity index (χ3v) is 3.59. The molecule has 0 radical (unpaired) electrons. The summed E-state index contributed by atoms with van der Waals surface area (Å²) in [7, 11) is 1.14. The Balaban J connectivity index is 1.89. The Bertz CT molecular complexity index is 1040. The van der Waals surface area contributed by atoms with Crippen LogP contribution in [-0.2, 0) is 4.74 Å². The van der Waals surface area contributed by atoms with Gasteiger partial charge in [0.05, 0.1) is 48.2 Å². The third kappa shape index (κ3) is 3.64. The predicted octanol–water partition coefficient (Wildman–Crippen LogP) is 2.03. The van der Waals surface area contributed by atoms with Gasteiger partial charge in [-0.2, -0.15) is 5.10 Å². The number of halogens is 1. The first kappa shape index (κ1) is 17.8. The van der Waals surface area contributed by atoms with Crippen molar-refractivity contribution in [3.05, 3.63) is 59.6 Å². The molecule has 0 spiro atoms. The molecule has 1 amide bonds. The van der Waals surface area contributed by atoms with Crippen LogP contribution in [0.15, 0.2) is 36.9 Å². The zero-order valence-electron chi connectivity index (χ0n) is 14.0. The van der Waals surface area contributed by atoms with E-state index in [1.807, 2.05) is 0 Å². The number of anilines is 1. The fourth-order valence-electron chi connectivity index (χ4n) is 2.24. The minimum absolute atomic E-state index is 0.00177. The highest BCUT2D eigenvalue weighted by Gasteiger charge is 2.19. The molecule has 27 heavy (non-hydrogen) atoms. The van der Waals surface area contributed by atoms with E-state index < -0.39 is 17.7 Å². The van der Waals surface area contributed by atoms with Gasteiger partial charge in [-0.15, -0.1) is 6.42 Å². The van der Waals surface area contributed by atoms with E-state index in [9.17, 15) is 14.0 Å². The number of methoxy groups -OCH3 is 1. The molecule has 0 saturated heterocycles. The zero-order valence-corrected chi connectivity index (χ0v) is 14.0. The van der Waals surface area contributed by atoms with E-state index in [0.29, 0.717) is 11.3 Å². The molecule has 0 aliphatic heterocycles. The van der Waals surface area contributed by atoms with E-state index in [0.717, 1.165) is 13.2 Å². The normalized spacial score (nSPS) is 10.1. The van der Waals surface area contributed by atoms with Gasteiger partial charge in [0.15, 0.2) is 0 Å². The largest absolute Gasteiger partial charge is 0.465 e. The number of aromatic amines is 1. The van der Waals surface area contributed by atoms with Gasteiger partial charge in [-0.1, -0.05) is 5.92 Å². The van der Waals surface area contributed by atoms with Crippen LogP contribution in [0.5, 0.6) is 0 Å². The first-order valence-electron chi connectivity index (χ1n) is 7.54. The quantitative estimate of drug-likeness (QED) is 0.541. The average Bonchev–Trinajstić information content (AvgIpc) is 3.23. The summed E-state index contributed by atoms with van der Waals surface area (Å²) in [5, 5.41) is 8.93. The van der Waals surface area contributed by atoms with Crippen molar-refractivity contribution in [2.75, 3.05) is 12.4 Å². The van der Waals surface area contributed by atoms with Gasteiger partial charge < -0.3 is 10.1 Å². The van der Waals surface area contributed by atoms with E-state index in [4.69, 9.17) is 6.42 Å². The molecule has 8 nitrogen and oxygen atoms in total. The van der Waals surface area contributed by atoms with E-state index in [-0.39, 0.29) is 22.5 Å². The lowest BCUT2D eigenvalue weighted by Gasteiger charge is -2.11. The van der Waals surface area contributed by atoms with Crippen molar-refractivity contribution in [3.63, 3.8) is 0 Å². The van der Waals surface area contributed by atoms with E-state index >= 15 is 0 Å². The van der Waals surface area contributed by atoms with Gasteiger partial charge >= 0.3 is 5.97 Å². The van der Waals surface area contributed by atoms with Gasteiger partial charge in [0.25, 0.3) is 5.91 Å². The Morgan fingerprint density at radius 1 is 1.26 bits per heavy atom. The van der Waals surface area contributed by atoms with Crippen LogP contribution in [0.4, 0.5) is 10.1 Å². The molecule has 9 heteroatoms. The lowest BCUT2D eigenvalue weighted by molar-refractivity contribution is 0.0601. The van der Waals surface area contributed by atoms with E-state index in [2.05, 4.69) is 36.1 Å². The molecule has 0 atom stereocenters. The fourth-order valence-corrected chi connectivity index (χ4v) is 2.24. The first-order chi connectivity index (χ1) is 13.0. The van der Waals surface area contributed by atoms with Crippen molar-refractivity contribution in [2.45, 2.75) is 0 Å². The topological polar surface area (TPSA) is 110 Å². The highest BCUT2D eigenvalue weighted by molar-refractivity contribution is 6.07. The van der Waals surface area contributed by atoms with Crippen LogP contribution in [0.1, 0.15) is 26.4 Å². The molecule has 2 heterocycles. The van der Waals surface area contributed by atoms with Gasteiger partial charge in [0, 0.05) is 11.8 Å². The SMILES string of the molecule is C#Cc1cc(NC(=O)c2cnc(-c3cn[nH]c3)cn2)c(C(=O)OC)cc1F. The van der Waals surface area contributed by atoms with E-state index in [1.54, 1.807) is 12.4 Å². The molecule has 0 unspecified atom stereocenters. The van der Waals surface area contributed by atoms with Crippen LogP contribution in [0.25, 0.3) is 11.3 Å². The number of carbonyl (C=O) groups is 2. The number of benzene rings is 1. The van der Waals surface area contributed by atoms with E-state index in [1.165, 1.54) is 18.5 Å². The number of esters is 1. The van der Waals surface area contributed by atoms with Crippen LogP contribution in [0.3, 0.4) is 0 Å². The van der Waals surface area contributed by atoms with Gasteiger partial charge in [-0.05, 0) is 12.1 Å². The summed E-state index contributed by atoms with van der Waals surface area (Å²) in [6.45, 7) is 0. The summed E-state index contributed by atoms with van der Waals surface area (Å²) < 4.78 is 18.5. The predicted molar refractivity (Wildman–Crippen MR) is 93.2 cm³/mol. The average molecular weight is 365 g/mol. The summed E-state index contributed by atoms with van der Waals surface area (Å²) in [6.07, 6.45) is 11.1. The molecule has 3 rings (SSSR count). The minimum Gasteiger partial charge on any atom is -0.465 e. The van der Waals surface area contributed by atoms with Crippen molar-refractivity contribution in [2.24, 2.45) is 0 Å². The highest BCUT2D eigenvalue weighted by Crippen LogP contribution is 2.22. The van der Waals surface area contributed by atoms with Crippen molar-refractivity contribution in [1.82, 2.24) is 20.2 Å². The van der Waals surface area contributed by atoms with Crippen LogP contribution >= 0.6 is 0 Å². The molecular weight excluding hydrogens is 353 g/mol. The fraction of sp³-hybridized carbons (Fsp3) is 0.0556. The second-order valence-electron chi connectivity index (χ2n) is 5.24. The Morgan fingerprint density at radius 2 is 2.07 bits per heavy atom. The maximum absolute atomic E-state index is 13.9. The maximum Gasteiger partial charge on any atom is 0.340 e. The molecule has 134 valence electrons. The lowest BCUT2D eigenvalue weighted by Crippen LogP contribution is -2.17. The van der Waals surface area contributed by atoms with Crippen molar-refractivity contribution < 1.29 is 18.7 Å². The smallest absolute Gasteiger partial charge is 0.340 e. The molecular formula is C18H12FN5O3. The molecule has 2 aromatic heterocycles. The van der Waals surface area contributed by atoms with Crippen molar-refractivity contribution >= 4 is 17.6 Å². The summed E-state index contributed by atoms with van der Waals surface area (Å²) in [5.41, 5.74) is 0.933. The standard InChI is InChI=1S/C18H12FN5O3/c1-3-10-4-14(12(5-13(10)19)18(26)27-2)24-17(25)16-9-20-15(8-21-16)11-6-22-23-7-11/h1,4-9H,2H3,(H,22,23)(H,24,25). The summed E-state index contributed by atoms with van der Waals surface area (Å²) in [5.74, 6) is -0.114. The number of amides is 1. The highest BCUT2D eigenvalue weighted by atomic mass is 19.1. The van der Waals surface area contributed by atoms with Gasteiger partial charge in [-0.25, -0.2) is 14.2 Å². The van der Waals surface area contributed by atoms with Crippen molar-refractivity contribution in [1.29, 1.82) is 0 Å². The summed E-state index contributed by atoms with van der Waals surface area (Å²) >= 11 is 0. The third-order valence-electron chi connectivity index (χ3n) is 3.59. The molecule has 0 saturated carbocycles. The molecule has 1 aromatic carbocycles. The van der Waals surface area contributed by atoms with Crippen molar-refractivity contribution in [3.8, 4) is 23.6 Å². The number of aromatic nitrogens is 4.